The number of aliphatic hydroxyl groups excluding tert-OH is 1. The van der Waals surface area contributed by atoms with Crippen LogP contribution in [0.15, 0.2) is 18.3 Å². The average molecular weight is 262 g/mol. The van der Waals surface area contributed by atoms with Gasteiger partial charge in [-0.3, -0.25) is 0 Å². The molecule has 0 saturated heterocycles. The van der Waals surface area contributed by atoms with Crippen molar-refractivity contribution >= 4 is 0 Å². The number of ether oxygens (including phenoxy) is 2. The van der Waals surface area contributed by atoms with E-state index in [1.165, 1.54) is 0 Å². The van der Waals surface area contributed by atoms with Gasteiger partial charge in [0, 0.05) is 13.2 Å². The number of nitrogens with zero attached hydrogens (tertiary/aromatic N) is 2. The summed E-state index contributed by atoms with van der Waals surface area (Å²) in [4.78, 5) is 4.39. The van der Waals surface area contributed by atoms with Crippen LogP contribution in [0.2, 0.25) is 0 Å². The van der Waals surface area contributed by atoms with Gasteiger partial charge in [-0.05, 0) is 24.6 Å². The van der Waals surface area contributed by atoms with Gasteiger partial charge in [-0.2, -0.15) is 0 Å². The Hall–Kier alpha value is -2.01. The van der Waals surface area contributed by atoms with Gasteiger partial charge in [-0.25, -0.2) is 4.98 Å². The van der Waals surface area contributed by atoms with Crippen LogP contribution in [0.3, 0.4) is 0 Å². The highest BCUT2D eigenvalue weighted by Crippen LogP contribution is 2.35. The van der Waals surface area contributed by atoms with Gasteiger partial charge in [0.1, 0.15) is 17.3 Å². The fraction of sp³-hybridized carbons (Fsp3) is 0.357. The molecule has 0 radical (unpaired) electrons. The molecule has 1 N–H and O–H groups in total. The lowest BCUT2D eigenvalue weighted by molar-refractivity contribution is 0.277. The highest BCUT2D eigenvalue weighted by atomic mass is 16.5. The van der Waals surface area contributed by atoms with Crippen LogP contribution in [0.25, 0.3) is 11.4 Å². The lowest BCUT2D eigenvalue weighted by atomic mass is 10.1. The van der Waals surface area contributed by atoms with Crippen molar-refractivity contribution in [3.8, 4) is 22.9 Å². The highest BCUT2D eigenvalue weighted by molar-refractivity contribution is 5.68. The molecule has 1 aromatic heterocycles. The minimum atomic E-state index is -0.0842. The molecular formula is C14H18N2O3. The van der Waals surface area contributed by atoms with Crippen molar-refractivity contribution in [1.29, 1.82) is 0 Å². The lowest BCUT2D eigenvalue weighted by Gasteiger charge is -2.12. The summed E-state index contributed by atoms with van der Waals surface area (Å²) in [5.74, 6) is 2.25. The second kappa shape index (κ2) is 5.32. The van der Waals surface area contributed by atoms with E-state index in [1.807, 2.05) is 30.7 Å². The van der Waals surface area contributed by atoms with Gasteiger partial charge in [0.15, 0.2) is 0 Å². The van der Waals surface area contributed by atoms with E-state index >= 15 is 0 Å². The third-order valence-corrected chi connectivity index (χ3v) is 3.05. The minimum absolute atomic E-state index is 0.0842. The first kappa shape index (κ1) is 13.4. The van der Waals surface area contributed by atoms with Crippen molar-refractivity contribution in [2.45, 2.75) is 13.5 Å². The van der Waals surface area contributed by atoms with Gasteiger partial charge < -0.3 is 19.1 Å². The van der Waals surface area contributed by atoms with E-state index in [4.69, 9.17) is 14.6 Å². The Labute approximate surface area is 112 Å². The van der Waals surface area contributed by atoms with Gasteiger partial charge in [0.25, 0.3) is 0 Å². The van der Waals surface area contributed by atoms with E-state index in [9.17, 15) is 0 Å². The number of rotatable bonds is 4. The number of methoxy groups -OCH3 is 2. The van der Waals surface area contributed by atoms with E-state index in [2.05, 4.69) is 4.98 Å². The van der Waals surface area contributed by atoms with Gasteiger partial charge in [0.2, 0.25) is 0 Å². The van der Waals surface area contributed by atoms with Crippen LogP contribution in [0, 0.1) is 6.92 Å². The molecule has 5 heteroatoms. The summed E-state index contributed by atoms with van der Waals surface area (Å²) in [6.07, 6.45) is 1.79. The quantitative estimate of drug-likeness (QED) is 0.914. The molecule has 0 unspecified atom stereocenters. The Kier molecular flexibility index (Phi) is 3.76. The maximum Gasteiger partial charge on any atom is 0.143 e. The molecule has 0 atom stereocenters. The van der Waals surface area contributed by atoms with Crippen LogP contribution >= 0.6 is 0 Å². The van der Waals surface area contributed by atoms with Crippen LogP contribution in [-0.4, -0.2) is 28.9 Å². The summed E-state index contributed by atoms with van der Waals surface area (Å²) < 4.78 is 12.6. The number of hydrogen-bond acceptors (Lipinski definition) is 4. The molecule has 0 saturated carbocycles. The Bertz CT molecular complexity index is 591. The fourth-order valence-corrected chi connectivity index (χ4v) is 2.08. The molecule has 2 aromatic rings. The Morgan fingerprint density at radius 1 is 1.21 bits per heavy atom. The Morgan fingerprint density at radius 3 is 2.42 bits per heavy atom. The average Bonchev–Trinajstić information content (AvgIpc) is 2.79. The van der Waals surface area contributed by atoms with E-state index in [-0.39, 0.29) is 6.61 Å². The van der Waals surface area contributed by atoms with E-state index < -0.39 is 0 Å². The van der Waals surface area contributed by atoms with Crippen LogP contribution in [-0.2, 0) is 13.7 Å². The first-order valence-corrected chi connectivity index (χ1v) is 5.96. The van der Waals surface area contributed by atoms with Crippen LogP contribution in [0.4, 0.5) is 0 Å². The minimum Gasteiger partial charge on any atom is -0.496 e. The van der Waals surface area contributed by atoms with Gasteiger partial charge in [0.05, 0.1) is 32.1 Å². The molecule has 5 nitrogen and oxygen atoms in total. The van der Waals surface area contributed by atoms with Crippen molar-refractivity contribution in [2.75, 3.05) is 14.2 Å². The molecule has 0 aliphatic heterocycles. The molecule has 2 rings (SSSR count). The summed E-state index contributed by atoms with van der Waals surface area (Å²) in [6, 6.07) is 3.82. The maximum atomic E-state index is 9.16. The van der Waals surface area contributed by atoms with Crippen molar-refractivity contribution in [1.82, 2.24) is 9.55 Å². The topological polar surface area (TPSA) is 56.5 Å². The molecule has 1 aromatic carbocycles. The molecule has 19 heavy (non-hydrogen) atoms. The van der Waals surface area contributed by atoms with Crippen molar-refractivity contribution in [2.24, 2.45) is 7.05 Å². The first-order chi connectivity index (χ1) is 9.10. The zero-order valence-corrected chi connectivity index (χ0v) is 11.6. The number of hydrogen-bond donors (Lipinski definition) is 1. The third-order valence-electron chi connectivity index (χ3n) is 3.05. The van der Waals surface area contributed by atoms with E-state index in [0.717, 1.165) is 28.5 Å². The van der Waals surface area contributed by atoms with Gasteiger partial charge in [-0.1, -0.05) is 0 Å². The van der Waals surface area contributed by atoms with E-state index in [1.54, 1.807) is 20.4 Å². The molecule has 1 heterocycles. The zero-order chi connectivity index (χ0) is 14.0. The summed E-state index contributed by atoms with van der Waals surface area (Å²) in [7, 11) is 5.14. The molecule has 0 spiro atoms. The second-order valence-electron chi connectivity index (χ2n) is 4.35. The largest absolute Gasteiger partial charge is 0.496 e. The standard InChI is InChI=1S/C14H18N2O3/c1-9-5-13(19-4)11(6-12(9)18-3)14-15-10(8-17)7-16(14)2/h5-7,17H,8H2,1-4H3. The van der Waals surface area contributed by atoms with Crippen molar-refractivity contribution < 1.29 is 14.6 Å². The van der Waals surface area contributed by atoms with Crippen LogP contribution in [0.5, 0.6) is 11.5 Å². The monoisotopic (exact) mass is 262 g/mol. The number of aryl methyl sites for hydroxylation is 2. The summed E-state index contributed by atoms with van der Waals surface area (Å²) in [5, 5.41) is 9.16. The summed E-state index contributed by atoms with van der Waals surface area (Å²) in [6.45, 7) is 1.88. The van der Waals surface area contributed by atoms with Gasteiger partial charge in [-0.15, -0.1) is 0 Å². The molecule has 0 bridgehead atoms. The Balaban J connectivity index is 2.62. The highest BCUT2D eigenvalue weighted by Gasteiger charge is 2.15. The summed E-state index contributed by atoms with van der Waals surface area (Å²) in [5.41, 5.74) is 2.46. The normalized spacial score (nSPS) is 10.6. The van der Waals surface area contributed by atoms with Crippen LogP contribution < -0.4 is 9.47 Å². The Morgan fingerprint density at radius 2 is 1.89 bits per heavy atom. The van der Waals surface area contributed by atoms with Crippen molar-refractivity contribution in [3.63, 3.8) is 0 Å². The SMILES string of the molecule is COc1cc(-c2nc(CO)cn2C)c(OC)cc1C. The molecular weight excluding hydrogens is 244 g/mol. The third kappa shape index (κ3) is 2.42. The smallest absolute Gasteiger partial charge is 0.143 e. The lowest BCUT2D eigenvalue weighted by Crippen LogP contribution is -1.97. The molecule has 0 fully saturated rings. The zero-order valence-electron chi connectivity index (χ0n) is 11.6. The second-order valence-corrected chi connectivity index (χ2v) is 4.35. The number of benzene rings is 1. The molecule has 0 aliphatic carbocycles. The first-order valence-electron chi connectivity index (χ1n) is 5.96. The van der Waals surface area contributed by atoms with Crippen molar-refractivity contribution in [3.05, 3.63) is 29.6 Å². The maximum absolute atomic E-state index is 9.16. The summed E-state index contributed by atoms with van der Waals surface area (Å²) >= 11 is 0. The predicted octanol–water partition coefficient (Wildman–Crippen LogP) is 1.91. The number of imidazole rings is 1. The molecule has 102 valence electrons. The van der Waals surface area contributed by atoms with E-state index in [0.29, 0.717) is 5.69 Å². The molecule has 0 amide bonds. The van der Waals surface area contributed by atoms with Crippen LogP contribution in [0.1, 0.15) is 11.3 Å². The fourth-order valence-electron chi connectivity index (χ4n) is 2.08. The molecule has 0 aliphatic rings. The van der Waals surface area contributed by atoms with Gasteiger partial charge >= 0.3 is 0 Å². The predicted molar refractivity (Wildman–Crippen MR) is 72.4 cm³/mol. The number of aromatic nitrogens is 2. The number of aliphatic hydroxyl groups is 1.